The second-order valence-electron chi connectivity index (χ2n) is 8.10. The normalized spacial score (nSPS) is 15.1. The van der Waals surface area contributed by atoms with Crippen LogP contribution in [0.2, 0.25) is 20.6 Å². The summed E-state index contributed by atoms with van der Waals surface area (Å²) < 4.78 is 1.17. The van der Waals surface area contributed by atoms with Gasteiger partial charge in [-0.25, -0.2) is 0 Å². The molecule has 1 fully saturated rings. The van der Waals surface area contributed by atoms with E-state index in [9.17, 15) is 0 Å². The molecular weight excluding hydrogens is 306 g/mol. The predicted molar refractivity (Wildman–Crippen MR) is 114 cm³/mol. The molecule has 0 heterocycles. The number of unbranched alkanes of at least 4 members (excludes halogenated alkanes) is 6. The molecule has 0 saturated heterocycles. The van der Waals surface area contributed by atoms with E-state index in [1.807, 2.05) is 0 Å². The van der Waals surface area contributed by atoms with Gasteiger partial charge in [0.1, 0.15) is 0 Å². The van der Waals surface area contributed by atoms with Gasteiger partial charge in [0.15, 0.2) is 0 Å². The van der Waals surface area contributed by atoms with Crippen molar-refractivity contribution in [2.45, 2.75) is 131 Å². The van der Waals surface area contributed by atoms with Crippen molar-refractivity contribution in [2.75, 3.05) is 0 Å². The van der Waals surface area contributed by atoms with Crippen LogP contribution in [0.1, 0.15) is 111 Å². The lowest BCUT2D eigenvalue weighted by atomic mass is 10.0. The third kappa shape index (κ3) is 17.7. The summed E-state index contributed by atoms with van der Waals surface area (Å²) in [4.78, 5) is 0. The van der Waals surface area contributed by atoms with Crippen molar-refractivity contribution in [3.63, 3.8) is 0 Å². The first-order valence-corrected chi connectivity index (χ1v) is 14.8. The van der Waals surface area contributed by atoms with E-state index < -0.39 is 0 Å². The van der Waals surface area contributed by atoms with Crippen LogP contribution in [0, 0.1) is 0 Å². The smallest absolute Gasteiger partial charge is 0.0939 e. The Morgan fingerprint density at radius 1 is 0.652 bits per heavy atom. The topological polar surface area (TPSA) is 0 Å². The molecule has 2 heteroatoms. The Kier molecular flexibility index (Phi) is 20.3. The second-order valence-corrected chi connectivity index (χ2v) is 13.2. The van der Waals surface area contributed by atoms with Crippen LogP contribution in [0.25, 0.3) is 0 Å². The van der Waals surface area contributed by atoms with Gasteiger partial charge in [-0.15, -0.1) is 0 Å². The minimum absolute atomic E-state index is 0.329. The van der Waals surface area contributed by atoms with Gasteiger partial charge in [-0.1, -0.05) is 131 Å². The fourth-order valence-electron chi connectivity index (χ4n) is 3.79. The largest absolute Gasteiger partial charge is 0.261 e. The first-order chi connectivity index (χ1) is 11.2. The van der Waals surface area contributed by atoms with Crippen molar-refractivity contribution in [1.82, 2.24) is 0 Å². The van der Waals surface area contributed by atoms with Gasteiger partial charge in [0.2, 0.25) is 16.3 Å². The molecule has 0 aliphatic heterocycles. The highest BCUT2D eigenvalue weighted by Crippen LogP contribution is 2.24. The summed E-state index contributed by atoms with van der Waals surface area (Å²) in [6.07, 6.45) is 20.9. The summed E-state index contributed by atoms with van der Waals surface area (Å²) in [5.74, 6) is 0. The average molecular weight is 353 g/mol. The maximum absolute atomic E-state index is 2.32. The Labute approximate surface area is 161 Å². The zero-order valence-corrected chi connectivity index (χ0v) is 20.3. The molecule has 1 rings (SSSR count). The zero-order valence-electron chi connectivity index (χ0n) is 17.2. The highest BCUT2D eigenvalue weighted by molar-refractivity contribution is 6.58. The first-order valence-electron chi connectivity index (χ1n) is 11.2. The number of hydrogen-bond donors (Lipinski definition) is 0. The molecule has 0 atom stereocenters. The molecule has 136 valence electrons. The Hall–Kier alpha value is 1.06. The molecule has 0 aromatic carbocycles. The molecule has 23 heavy (non-hydrogen) atoms. The van der Waals surface area contributed by atoms with E-state index in [-0.39, 0.29) is 14.1 Å². The molecule has 0 unspecified atom stereocenters. The fourth-order valence-corrected chi connectivity index (χ4v) is 8.07. The Morgan fingerprint density at radius 3 is 1.30 bits per heavy atom. The molecule has 0 N–H and O–H groups in total. The van der Waals surface area contributed by atoms with Gasteiger partial charge >= 0.3 is 0 Å². The molecule has 1 saturated carbocycles. The lowest BCUT2D eigenvalue weighted by Gasteiger charge is -2.15. The number of hydrogen-bond acceptors (Lipinski definition) is 0. The maximum Gasteiger partial charge on any atom is 0.261 e. The van der Waals surface area contributed by atoms with Gasteiger partial charge in [0, 0.05) is 0 Å². The lowest BCUT2D eigenvalue weighted by molar-refractivity contribution is 0.504. The summed E-state index contributed by atoms with van der Waals surface area (Å²) in [6, 6.07) is 0. The predicted octanol–water partition coefficient (Wildman–Crippen LogP) is 7.42. The van der Waals surface area contributed by atoms with Gasteiger partial charge in [0.05, 0.1) is 0 Å². The molecule has 0 spiro atoms. The van der Waals surface area contributed by atoms with E-state index in [2.05, 4.69) is 20.8 Å². The summed E-state index contributed by atoms with van der Waals surface area (Å²) in [6.45, 7) is 6.97. The van der Waals surface area contributed by atoms with Crippen molar-refractivity contribution in [3.8, 4) is 0 Å². The minimum atomic E-state index is -0.329. The van der Waals surface area contributed by atoms with Gasteiger partial charge in [0.25, 0.3) is 14.1 Å². The van der Waals surface area contributed by atoms with Crippen LogP contribution < -0.4 is 0 Å². The van der Waals surface area contributed by atoms with E-state index in [1.54, 1.807) is 28.7 Å². The molecule has 0 nitrogen and oxygen atoms in total. The van der Waals surface area contributed by atoms with Crippen LogP contribution in [0.4, 0.5) is 0 Å². The van der Waals surface area contributed by atoms with E-state index in [0.29, 0.717) is 0 Å². The van der Waals surface area contributed by atoms with Crippen molar-refractivity contribution in [3.05, 3.63) is 0 Å². The number of rotatable bonds is 12. The SMILES string of the molecule is CCCC[CH2][Al]([CH2]CCCC)[CH2]CCCC.[AlH2][CH]1CCCCC1. The molecule has 1 aliphatic rings. The first kappa shape index (κ1) is 24.1. The monoisotopic (exact) mass is 352 g/mol. The van der Waals surface area contributed by atoms with Crippen LogP contribution in [0.5, 0.6) is 0 Å². The van der Waals surface area contributed by atoms with Crippen molar-refractivity contribution in [1.29, 1.82) is 0 Å². The highest BCUT2D eigenvalue weighted by atomic mass is 27.2. The molecular formula is C21H46Al2. The lowest BCUT2D eigenvalue weighted by Crippen LogP contribution is -2.11. The molecule has 0 aromatic heterocycles. The summed E-state index contributed by atoms with van der Waals surface area (Å²) in [5, 5.41) is 4.92. The standard InChI is InChI=1S/C6H11.3C5H11.2Al.2H/c1-2-4-6-5-3-1;3*1-3-5-4-2;;;;/h1H,2-6H2;3*1,3-5H2,2H3;;;;. The van der Waals surface area contributed by atoms with Crippen LogP contribution in [-0.2, 0) is 0 Å². The Bertz CT molecular complexity index is 188. The molecule has 0 radical (unpaired) electrons. The van der Waals surface area contributed by atoms with Gasteiger partial charge in [-0.05, 0) is 0 Å². The van der Waals surface area contributed by atoms with E-state index in [4.69, 9.17) is 0 Å². The molecule has 0 amide bonds. The fraction of sp³-hybridized carbons (Fsp3) is 1.00. The average Bonchev–Trinajstić information content (AvgIpc) is 2.56. The maximum atomic E-state index is 2.32. The van der Waals surface area contributed by atoms with Gasteiger partial charge in [-0.2, -0.15) is 0 Å². The van der Waals surface area contributed by atoms with Crippen LogP contribution in [-0.4, -0.2) is 30.4 Å². The summed E-state index contributed by atoms with van der Waals surface area (Å²) >= 11 is 1.12. The Morgan fingerprint density at radius 2 is 1.04 bits per heavy atom. The van der Waals surface area contributed by atoms with E-state index in [1.165, 1.54) is 98.1 Å². The third-order valence-corrected chi connectivity index (χ3v) is 10.4. The quantitative estimate of drug-likeness (QED) is 0.253. The van der Waals surface area contributed by atoms with Gasteiger partial charge in [-0.3, -0.25) is 0 Å². The highest BCUT2D eigenvalue weighted by Gasteiger charge is 2.14. The van der Waals surface area contributed by atoms with E-state index in [0.717, 1.165) is 0 Å². The van der Waals surface area contributed by atoms with Crippen LogP contribution in [0.15, 0.2) is 0 Å². The second kappa shape index (κ2) is 19.4. The molecule has 1 aliphatic carbocycles. The zero-order chi connectivity index (χ0) is 17.2. The minimum Gasteiger partial charge on any atom is -0.0939 e. The van der Waals surface area contributed by atoms with Crippen molar-refractivity contribution >= 4 is 30.4 Å². The van der Waals surface area contributed by atoms with E-state index >= 15 is 0 Å². The van der Waals surface area contributed by atoms with Crippen molar-refractivity contribution in [2.24, 2.45) is 0 Å². The van der Waals surface area contributed by atoms with Crippen LogP contribution in [0.3, 0.4) is 0 Å². The summed E-state index contributed by atoms with van der Waals surface area (Å²) in [5.41, 5.74) is 0. The van der Waals surface area contributed by atoms with Crippen LogP contribution >= 0.6 is 0 Å². The van der Waals surface area contributed by atoms with Gasteiger partial charge < -0.3 is 0 Å². The van der Waals surface area contributed by atoms with Crippen molar-refractivity contribution < 1.29 is 0 Å². The Balaban J connectivity index is 0.000000568. The summed E-state index contributed by atoms with van der Waals surface area (Å²) in [7, 11) is 0. The third-order valence-electron chi connectivity index (χ3n) is 5.54. The molecule has 0 aromatic rings. The molecule has 0 bridgehead atoms.